The molecule has 0 aliphatic carbocycles. The molecule has 0 fully saturated rings. The van der Waals surface area contributed by atoms with E-state index in [2.05, 4.69) is 10.4 Å². The number of aromatic nitrogens is 2. The van der Waals surface area contributed by atoms with Crippen molar-refractivity contribution in [2.24, 2.45) is 0 Å². The first-order valence-electron chi connectivity index (χ1n) is 12.4. The fraction of sp³-hybridized carbons (Fsp3) is 0.464. The van der Waals surface area contributed by atoms with Gasteiger partial charge in [-0.3, -0.25) is 4.79 Å². The van der Waals surface area contributed by atoms with E-state index in [4.69, 9.17) is 9.47 Å². The number of alkyl carbamates (subject to hydrolysis) is 1. The van der Waals surface area contributed by atoms with Crippen molar-refractivity contribution in [3.05, 3.63) is 64.9 Å². The molecule has 2 heterocycles. The SMILES string of the molecule is CCCC(C)(CCC(=O)c1c(C)nn2c(OCc3c(F)cccc3F)cccc12)NC(=O)OC(C)(C)C. The largest absolute Gasteiger partial charge is 0.473 e. The molecule has 9 heteroatoms. The average molecular weight is 516 g/mol. The minimum Gasteiger partial charge on any atom is -0.473 e. The van der Waals surface area contributed by atoms with Gasteiger partial charge in [-0.25, -0.2) is 18.1 Å². The van der Waals surface area contributed by atoms with Crippen LogP contribution >= 0.6 is 0 Å². The van der Waals surface area contributed by atoms with Gasteiger partial charge in [0.1, 0.15) is 23.8 Å². The predicted octanol–water partition coefficient (Wildman–Crippen LogP) is 6.55. The van der Waals surface area contributed by atoms with Crippen molar-refractivity contribution in [3.8, 4) is 5.88 Å². The molecule has 0 aliphatic heterocycles. The summed E-state index contributed by atoms with van der Waals surface area (Å²) >= 11 is 0. The van der Waals surface area contributed by atoms with Crippen LogP contribution in [0.15, 0.2) is 36.4 Å². The molecule has 1 amide bonds. The van der Waals surface area contributed by atoms with Gasteiger partial charge in [0, 0.05) is 18.0 Å². The van der Waals surface area contributed by atoms with Crippen LogP contribution in [0.25, 0.3) is 5.52 Å². The van der Waals surface area contributed by atoms with Crippen LogP contribution in [0.1, 0.15) is 81.9 Å². The molecule has 3 rings (SSSR count). The lowest BCUT2D eigenvalue weighted by molar-refractivity contribution is 0.0448. The fourth-order valence-electron chi connectivity index (χ4n) is 4.30. The van der Waals surface area contributed by atoms with E-state index in [1.54, 1.807) is 45.9 Å². The van der Waals surface area contributed by atoms with Gasteiger partial charge < -0.3 is 14.8 Å². The van der Waals surface area contributed by atoms with Crippen molar-refractivity contribution in [2.75, 3.05) is 0 Å². The monoisotopic (exact) mass is 515 g/mol. The third kappa shape index (κ3) is 7.05. The second-order valence-corrected chi connectivity index (χ2v) is 10.5. The van der Waals surface area contributed by atoms with Gasteiger partial charge in [-0.1, -0.05) is 25.5 Å². The number of Topliss-reactive ketones (excluding diaryl/α,β-unsaturated/α-hetero) is 1. The summed E-state index contributed by atoms with van der Waals surface area (Å²) < 4.78 is 40.6. The summed E-state index contributed by atoms with van der Waals surface area (Å²) in [5, 5.41) is 7.39. The van der Waals surface area contributed by atoms with Gasteiger partial charge in [-0.05, 0) is 65.7 Å². The van der Waals surface area contributed by atoms with Gasteiger partial charge in [0.15, 0.2) is 5.78 Å². The van der Waals surface area contributed by atoms with E-state index in [1.807, 2.05) is 13.8 Å². The molecule has 3 aromatic rings. The van der Waals surface area contributed by atoms with Gasteiger partial charge in [0.2, 0.25) is 5.88 Å². The third-order valence-electron chi connectivity index (χ3n) is 6.01. The van der Waals surface area contributed by atoms with Crippen molar-refractivity contribution >= 4 is 17.4 Å². The topological polar surface area (TPSA) is 81.9 Å². The van der Waals surface area contributed by atoms with Crippen LogP contribution in [-0.4, -0.2) is 32.6 Å². The number of amides is 1. The molecule has 0 saturated carbocycles. The smallest absolute Gasteiger partial charge is 0.408 e. The Hall–Kier alpha value is -3.49. The zero-order chi connectivity index (χ0) is 27.4. The summed E-state index contributed by atoms with van der Waals surface area (Å²) in [6.07, 6.45) is 1.58. The number of ketones is 1. The van der Waals surface area contributed by atoms with Crippen molar-refractivity contribution in [3.63, 3.8) is 0 Å². The van der Waals surface area contributed by atoms with E-state index in [-0.39, 0.29) is 30.3 Å². The fourth-order valence-corrected chi connectivity index (χ4v) is 4.30. The maximum atomic E-state index is 14.0. The zero-order valence-corrected chi connectivity index (χ0v) is 22.3. The van der Waals surface area contributed by atoms with Crippen molar-refractivity contribution in [1.82, 2.24) is 14.9 Å². The number of nitrogens with zero attached hydrogens (tertiary/aromatic N) is 2. The molecule has 0 spiro atoms. The van der Waals surface area contributed by atoms with Crippen LogP contribution in [0.3, 0.4) is 0 Å². The van der Waals surface area contributed by atoms with Crippen LogP contribution in [0, 0.1) is 18.6 Å². The van der Waals surface area contributed by atoms with Crippen LogP contribution in [0.4, 0.5) is 13.6 Å². The number of ether oxygens (including phenoxy) is 2. The van der Waals surface area contributed by atoms with E-state index in [0.29, 0.717) is 29.6 Å². The Kier molecular flexibility index (Phi) is 8.56. The highest BCUT2D eigenvalue weighted by molar-refractivity contribution is 6.03. The first-order chi connectivity index (χ1) is 17.3. The quantitative estimate of drug-likeness (QED) is 0.310. The number of carbonyl (C=O) groups excluding carboxylic acids is 2. The number of carbonyl (C=O) groups is 2. The summed E-state index contributed by atoms with van der Waals surface area (Å²) in [5.74, 6) is -1.27. The lowest BCUT2D eigenvalue weighted by atomic mass is 9.88. The number of pyridine rings is 1. The summed E-state index contributed by atoms with van der Waals surface area (Å²) in [5.41, 5.74) is 0.0496. The minimum atomic E-state index is -0.699. The second-order valence-electron chi connectivity index (χ2n) is 10.5. The highest BCUT2D eigenvalue weighted by Crippen LogP contribution is 2.27. The lowest BCUT2D eigenvalue weighted by Crippen LogP contribution is -2.48. The van der Waals surface area contributed by atoms with Gasteiger partial charge in [-0.2, -0.15) is 5.10 Å². The average Bonchev–Trinajstić information content (AvgIpc) is 3.12. The van der Waals surface area contributed by atoms with Crippen molar-refractivity contribution in [1.29, 1.82) is 0 Å². The van der Waals surface area contributed by atoms with E-state index in [0.717, 1.165) is 6.42 Å². The van der Waals surface area contributed by atoms with Gasteiger partial charge >= 0.3 is 6.09 Å². The standard InChI is InChI=1S/C28H35F2N3O4/c1-7-15-28(6,31-26(35)37-27(3,4)5)16-14-23(34)25-18(2)32-33-22(25)12-9-13-24(33)36-17-19-20(29)10-8-11-21(19)30/h8-13H,7,14-17H2,1-6H3,(H,31,35). The Morgan fingerprint density at radius 1 is 1.03 bits per heavy atom. The molecule has 37 heavy (non-hydrogen) atoms. The molecule has 2 aromatic heterocycles. The molecule has 1 aromatic carbocycles. The molecule has 1 atom stereocenters. The normalized spacial score (nSPS) is 13.3. The van der Waals surface area contributed by atoms with Gasteiger partial charge in [0.25, 0.3) is 0 Å². The van der Waals surface area contributed by atoms with E-state index in [1.165, 1.54) is 22.7 Å². The van der Waals surface area contributed by atoms with Crippen LogP contribution in [-0.2, 0) is 11.3 Å². The van der Waals surface area contributed by atoms with Gasteiger partial charge in [-0.15, -0.1) is 0 Å². The molecule has 1 N–H and O–H groups in total. The van der Waals surface area contributed by atoms with Crippen molar-refractivity contribution < 1.29 is 27.8 Å². The second kappa shape index (κ2) is 11.3. The Morgan fingerprint density at radius 2 is 1.68 bits per heavy atom. The molecule has 0 saturated heterocycles. The maximum absolute atomic E-state index is 14.0. The highest BCUT2D eigenvalue weighted by Gasteiger charge is 2.30. The highest BCUT2D eigenvalue weighted by atomic mass is 19.1. The number of halogens is 2. The molecular formula is C28H35F2N3O4. The molecule has 0 radical (unpaired) electrons. The van der Waals surface area contributed by atoms with Gasteiger partial charge in [0.05, 0.1) is 22.3 Å². The third-order valence-corrected chi connectivity index (χ3v) is 6.01. The maximum Gasteiger partial charge on any atom is 0.408 e. The summed E-state index contributed by atoms with van der Waals surface area (Å²) in [4.78, 5) is 25.8. The van der Waals surface area contributed by atoms with E-state index in [9.17, 15) is 18.4 Å². The first kappa shape index (κ1) is 28.1. The molecule has 200 valence electrons. The number of hydrogen-bond donors (Lipinski definition) is 1. The summed E-state index contributed by atoms with van der Waals surface area (Å²) in [7, 11) is 0. The number of fused-ring (bicyclic) bond motifs is 1. The molecule has 1 unspecified atom stereocenters. The van der Waals surface area contributed by atoms with Crippen molar-refractivity contribution in [2.45, 2.75) is 85.0 Å². The molecular weight excluding hydrogens is 480 g/mol. The summed E-state index contributed by atoms with van der Waals surface area (Å²) in [6, 6.07) is 8.69. The Labute approximate surface area is 216 Å². The van der Waals surface area contributed by atoms with Crippen LogP contribution < -0.4 is 10.1 Å². The number of aryl methyl sites for hydroxylation is 1. The number of rotatable bonds is 10. The molecule has 0 aliphatic rings. The minimum absolute atomic E-state index is 0.127. The lowest BCUT2D eigenvalue weighted by Gasteiger charge is -2.32. The van der Waals surface area contributed by atoms with Crippen LogP contribution in [0.2, 0.25) is 0 Å². The zero-order valence-electron chi connectivity index (χ0n) is 22.3. The predicted molar refractivity (Wildman–Crippen MR) is 137 cm³/mol. The first-order valence-corrected chi connectivity index (χ1v) is 12.4. The Bertz CT molecular complexity index is 1260. The molecule has 7 nitrogen and oxygen atoms in total. The summed E-state index contributed by atoms with van der Waals surface area (Å²) in [6.45, 7) is 10.7. The van der Waals surface area contributed by atoms with Crippen LogP contribution in [0.5, 0.6) is 5.88 Å². The Morgan fingerprint density at radius 3 is 2.30 bits per heavy atom. The Balaban J connectivity index is 1.78. The number of benzene rings is 1. The van der Waals surface area contributed by atoms with E-state index < -0.39 is 28.9 Å². The number of nitrogens with one attached hydrogen (secondary N) is 1. The number of hydrogen-bond acceptors (Lipinski definition) is 5. The van der Waals surface area contributed by atoms with E-state index >= 15 is 0 Å². The molecule has 0 bridgehead atoms.